The topological polar surface area (TPSA) is 92.1 Å². The number of benzene rings is 3. The van der Waals surface area contributed by atoms with Gasteiger partial charge in [-0.25, -0.2) is 4.98 Å². The Morgan fingerprint density at radius 2 is 1.70 bits per heavy atom. The first-order valence-corrected chi connectivity index (χ1v) is 16.9. The molecule has 1 saturated heterocycles. The molecule has 2 atom stereocenters. The van der Waals surface area contributed by atoms with Gasteiger partial charge in [0.05, 0.1) is 22.5 Å². The number of rotatable bonds is 9. The summed E-state index contributed by atoms with van der Waals surface area (Å²) < 4.78 is 73.0. The number of halogens is 5. The van der Waals surface area contributed by atoms with Gasteiger partial charge in [0, 0.05) is 57.4 Å². The number of likely N-dealkylation sites (tertiary alicyclic amines) is 1. The molecule has 4 aromatic rings. The molecule has 50 heavy (non-hydrogen) atoms. The van der Waals surface area contributed by atoms with Crippen molar-refractivity contribution in [3.8, 4) is 22.6 Å². The lowest BCUT2D eigenvalue weighted by Crippen LogP contribution is -2.27. The fourth-order valence-corrected chi connectivity index (χ4v) is 7.40. The van der Waals surface area contributed by atoms with Gasteiger partial charge >= 0.3 is 0 Å². The molecule has 14 heteroatoms. The van der Waals surface area contributed by atoms with Crippen molar-refractivity contribution in [3.05, 3.63) is 93.0 Å². The fraction of sp³-hybridized carbons (Fsp3) is 0.389. The van der Waals surface area contributed by atoms with Gasteiger partial charge in [0.15, 0.2) is 17.3 Å². The van der Waals surface area contributed by atoms with E-state index in [2.05, 4.69) is 15.2 Å². The van der Waals surface area contributed by atoms with Gasteiger partial charge in [0.25, 0.3) is 5.91 Å². The fourth-order valence-electron chi connectivity index (χ4n) is 7.12. The number of aromatic nitrogens is 2. The van der Waals surface area contributed by atoms with E-state index in [-0.39, 0.29) is 30.4 Å². The molecule has 1 aromatic heterocycles. The Morgan fingerprint density at radius 3 is 2.44 bits per heavy atom. The number of anilines is 1. The molecule has 0 radical (unpaired) electrons. The van der Waals surface area contributed by atoms with Gasteiger partial charge in [0.1, 0.15) is 12.7 Å². The van der Waals surface area contributed by atoms with E-state index in [0.29, 0.717) is 49.3 Å². The van der Waals surface area contributed by atoms with Crippen molar-refractivity contribution < 1.29 is 36.9 Å². The smallest absolute Gasteiger partial charge is 0.291 e. The van der Waals surface area contributed by atoms with Crippen molar-refractivity contribution in [1.82, 2.24) is 19.4 Å². The van der Waals surface area contributed by atoms with Crippen molar-refractivity contribution in [2.45, 2.75) is 44.4 Å². The van der Waals surface area contributed by atoms with E-state index in [1.54, 1.807) is 30.3 Å². The van der Waals surface area contributed by atoms with Crippen LogP contribution in [0.25, 0.3) is 11.1 Å². The number of carbonyl (C=O) groups is 1. The number of nitrogens with one attached hydrogen (secondary N) is 1. The van der Waals surface area contributed by atoms with Crippen molar-refractivity contribution >= 4 is 23.2 Å². The number of aliphatic hydroxyl groups excluding tert-OH is 1. The molecule has 0 bridgehead atoms. The number of hydrogen-bond donors (Lipinski definition) is 2. The van der Waals surface area contributed by atoms with Crippen LogP contribution >= 0.6 is 11.6 Å². The normalized spacial score (nSPS) is 19.0. The highest BCUT2D eigenvalue weighted by Crippen LogP contribution is 2.45. The highest BCUT2D eigenvalue weighted by Gasteiger charge is 2.34. The quantitative estimate of drug-likeness (QED) is 0.161. The third kappa shape index (κ3) is 6.32. The van der Waals surface area contributed by atoms with Gasteiger partial charge in [0.2, 0.25) is 23.3 Å². The van der Waals surface area contributed by atoms with Gasteiger partial charge in [-0.15, -0.1) is 0 Å². The Balaban J connectivity index is 1.10. The number of nitrogens with zero attached hydrogens (tertiary/aromatic N) is 4. The predicted molar refractivity (Wildman–Crippen MR) is 179 cm³/mol. The van der Waals surface area contributed by atoms with Crippen molar-refractivity contribution in [3.63, 3.8) is 0 Å². The summed E-state index contributed by atoms with van der Waals surface area (Å²) in [6.07, 6.45) is 0.660. The second-order valence-corrected chi connectivity index (χ2v) is 13.4. The minimum absolute atomic E-state index is 0.224. The summed E-state index contributed by atoms with van der Waals surface area (Å²) in [5.41, 5.74) is 4.98. The van der Waals surface area contributed by atoms with Crippen LogP contribution in [0.2, 0.25) is 5.02 Å². The van der Waals surface area contributed by atoms with Gasteiger partial charge in [-0.2, -0.15) is 17.6 Å². The SMILES string of the molecule is CN1CCc2c(nc(C(=O)Nc3cccc(-c4cccc5c4CCC5Oc4c(F)c(F)c(OCCN5CCC(O)C5)c(F)c4F)c3Cl)n2C)C1. The lowest BCUT2D eigenvalue weighted by molar-refractivity contribution is 0.101. The standard InChI is InChI=1S/C36H36ClF4N5O4/c1-44-13-12-26-25(18-44)42-35(45(26)2)36(48)43-24-8-4-7-23(28(24)37)20-5-3-6-22-21(20)9-10-27(22)50-34-31(40)29(38)33(30(39)32(34)41)49-16-15-46-14-11-19(47)17-46/h3-8,19,27,47H,9-18H2,1-2H3,(H,43,48). The number of fused-ring (bicyclic) bond motifs is 2. The molecule has 3 heterocycles. The molecule has 3 aliphatic rings. The zero-order chi connectivity index (χ0) is 35.3. The number of hydrogen-bond acceptors (Lipinski definition) is 7. The Bertz CT molecular complexity index is 1940. The van der Waals surface area contributed by atoms with Gasteiger partial charge < -0.3 is 29.4 Å². The Hall–Kier alpha value is -4.17. The van der Waals surface area contributed by atoms with E-state index in [1.807, 2.05) is 29.6 Å². The molecule has 264 valence electrons. The van der Waals surface area contributed by atoms with Gasteiger partial charge in [-0.05, 0) is 49.1 Å². The van der Waals surface area contributed by atoms with Crippen LogP contribution in [0.5, 0.6) is 11.5 Å². The summed E-state index contributed by atoms with van der Waals surface area (Å²) in [5, 5.41) is 12.8. The Labute approximate surface area is 291 Å². The van der Waals surface area contributed by atoms with Crippen molar-refractivity contribution in [2.75, 3.05) is 45.2 Å². The summed E-state index contributed by atoms with van der Waals surface area (Å²) in [6.45, 7) is 2.49. The van der Waals surface area contributed by atoms with Crippen LogP contribution in [0.15, 0.2) is 36.4 Å². The average molecular weight is 714 g/mol. The molecule has 2 aliphatic heterocycles. The zero-order valence-corrected chi connectivity index (χ0v) is 28.3. The second kappa shape index (κ2) is 13.9. The molecule has 3 aromatic carbocycles. The van der Waals surface area contributed by atoms with Crippen LogP contribution in [-0.2, 0) is 26.4 Å². The minimum atomic E-state index is -1.69. The molecule has 0 saturated carbocycles. The first-order chi connectivity index (χ1) is 24.0. The maximum Gasteiger partial charge on any atom is 0.291 e. The number of likely N-dealkylation sites (N-methyl/N-ethyl adjacent to an activating group) is 1. The molecule has 1 aliphatic carbocycles. The van der Waals surface area contributed by atoms with Crippen LogP contribution in [0.1, 0.15) is 52.1 Å². The molecule has 2 N–H and O–H groups in total. The molecular formula is C36H36ClF4N5O4. The molecule has 9 nitrogen and oxygen atoms in total. The van der Waals surface area contributed by atoms with Crippen LogP contribution in [0.3, 0.4) is 0 Å². The third-order valence-electron chi connectivity index (χ3n) is 9.75. The number of carbonyl (C=O) groups excluding carboxylic acids is 1. The molecule has 2 unspecified atom stereocenters. The van der Waals surface area contributed by atoms with Crippen LogP contribution in [0.4, 0.5) is 23.2 Å². The lowest BCUT2D eigenvalue weighted by Gasteiger charge is -2.21. The molecule has 1 amide bonds. The number of imidazole rings is 1. The number of aliphatic hydroxyl groups is 1. The summed E-state index contributed by atoms with van der Waals surface area (Å²) in [7, 11) is 3.83. The molecule has 0 spiro atoms. The van der Waals surface area contributed by atoms with Crippen LogP contribution in [-0.4, -0.2) is 76.3 Å². The summed E-state index contributed by atoms with van der Waals surface area (Å²) >= 11 is 6.89. The number of β-amino-alcohol motifs (C(OH)–C–C–N with tert-alkyl or cyclic N) is 1. The summed E-state index contributed by atoms with van der Waals surface area (Å²) in [4.78, 5) is 21.9. The first kappa shape index (κ1) is 34.3. The Morgan fingerprint density at radius 1 is 0.980 bits per heavy atom. The van der Waals surface area contributed by atoms with Crippen molar-refractivity contribution in [2.24, 2.45) is 7.05 Å². The molecular weight excluding hydrogens is 678 g/mol. The highest BCUT2D eigenvalue weighted by molar-refractivity contribution is 6.36. The average Bonchev–Trinajstić information content (AvgIpc) is 3.81. The minimum Gasteiger partial charge on any atom is -0.486 e. The molecule has 7 rings (SSSR count). The van der Waals surface area contributed by atoms with Crippen LogP contribution < -0.4 is 14.8 Å². The third-order valence-corrected chi connectivity index (χ3v) is 10.2. The van der Waals surface area contributed by atoms with Crippen molar-refractivity contribution in [1.29, 1.82) is 0 Å². The number of amides is 1. The largest absolute Gasteiger partial charge is 0.486 e. The molecule has 1 fully saturated rings. The van der Waals surface area contributed by atoms with Gasteiger partial charge in [-0.3, -0.25) is 9.69 Å². The van der Waals surface area contributed by atoms with Gasteiger partial charge in [-0.1, -0.05) is 41.9 Å². The highest BCUT2D eigenvalue weighted by atomic mass is 35.5. The second-order valence-electron chi connectivity index (χ2n) is 13.0. The van der Waals surface area contributed by atoms with E-state index in [1.165, 1.54) is 0 Å². The monoisotopic (exact) mass is 713 g/mol. The van der Waals surface area contributed by atoms with E-state index in [4.69, 9.17) is 21.1 Å². The summed E-state index contributed by atoms with van der Waals surface area (Å²) in [5.74, 6) is -9.18. The van der Waals surface area contributed by atoms with E-state index in [0.717, 1.165) is 35.5 Å². The maximum atomic E-state index is 15.2. The lowest BCUT2D eigenvalue weighted by atomic mass is 9.96. The van der Waals surface area contributed by atoms with Crippen LogP contribution in [0, 0.1) is 23.3 Å². The maximum absolute atomic E-state index is 15.2. The van der Waals surface area contributed by atoms with E-state index in [9.17, 15) is 9.90 Å². The predicted octanol–water partition coefficient (Wildman–Crippen LogP) is 6.05. The number of ether oxygens (including phenoxy) is 2. The van der Waals surface area contributed by atoms with E-state index < -0.39 is 52.9 Å². The summed E-state index contributed by atoms with van der Waals surface area (Å²) in [6, 6.07) is 10.5. The Kier molecular flexibility index (Phi) is 9.50. The zero-order valence-electron chi connectivity index (χ0n) is 27.5. The van der Waals surface area contributed by atoms with E-state index >= 15 is 17.6 Å². The first-order valence-electron chi connectivity index (χ1n) is 16.5.